The summed E-state index contributed by atoms with van der Waals surface area (Å²) < 4.78 is 1.18. The molecule has 2 N–H and O–H groups in total. The molecule has 0 amide bonds. The standard InChI is InChI=1S/C17H16N2S3/c1-20-14-7-13(12-5-3-2-4-6-12)8-15(9-14)21-17-11-19-16(10-18)22-17/h2-9,11H,10,18H2,1H3. The molecule has 0 unspecified atom stereocenters. The van der Waals surface area contributed by atoms with Crippen LogP contribution in [-0.2, 0) is 6.54 Å². The van der Waals surface area contributed by atoms with E-state index in [1.807, 2.05) is 12.3 Å². The van der Waals surface area contributed by atoms with Gasteiger partial charge in [-0.2, -0.15) is 0 Å². The number of nitrogens with two attached hydrogens (primary N) is 1. The monoisotopic (exact) mass is 344 g/mol. The van der Waals surface area contributed by atoms with Crippen molar-refractivity contribution in [2.45, 2.75) is 20.5 Å². The van der Waals surface area contributed by atoms with Crippen LogP contribution in [0.5, 0.6) is 0 Å². The van der Waals surface area contributed by atoms with Gasteiger partial charge in [0.2, 0.25) is 0 Å². The van der Waals surface area contributed by atoms with Gasteiger partial charge >= 0.3 is 0 Å². The lowest BCUT2D eigenvalue weighted by Crippen LogP contribution is -1.93. The minimum atomic E-state index is 0.505. The summed E-state index contributed by atoms with van der Waals surface area (Å²) in [6.45, 7) is 0.505. The summed E-state index contributed by atoms with van der Waals surface area (Å²) >= 11 is 5.18. The number of hydrogen-bond acceptors (Lipinski definition) is 5. The Hall–Kier alpha value is -1.27. The lowest BCUT2D eigenvalue weighted by atomic mass is 10.1. The van der Waals surface area contributed by atoms with E-state index in [0.29, 0.717) is 6.54 Å². The Bertz CT molecular complexity index is 754. The van der Waals surface area contributed by atoms with Gasteiger partial charge in [0.05, 0.1) is 10.4 Å². The molecule has 0 bridgehead atoms. The lowest BCUT2D eigenvalue weighted by Gasteiger charge is -2.08. The van der Waals surface area contributed by atoms with Crippen molar-refractivity contribution < 1.29 is 0 Å². The lowest BCUT2D eigenvalue weighted by molar-refractivity contribution is 1.04. The van der Waals surface area contributed by atoms with E-state index in [2.05, 4.69) is 53.7 Å². The molecule has 0 aliphatic carbocycles. The highest BCUT2D eigenvalue weighted by molar-refractivity contribution is 8.01. The first-order chi connectivity index (χ1) is 10.8. The van der Waals surface area contributed by atoms with E-state index in [1.54, 1.807) is 34.9 Å². The second kappa shape index (κ2) is 7.33. The fourth-order valence-electron chi connectivity index (χ4n) is 2.10. The van der Waals surface area contributed by atoms with Crippen molar-refractivity contribution >= 4 is 34.9 Å². The second-order valence-corrected chi connectivity index (χ2v) is 8.01. The Balaban J connectivity index is 1.93. The summed E-state index contributed by atoms with van der Waals surface area (Å²) in [7, 11) is 0. The zero-order chi connectivity index (χ0) is 15.4. The summed E-state index contributed by atoms with van der Waals surface area (Å²) in [5.74, 6) is 0. The third-order valence-electron chi connectivity index (χ3n) is 3.15. The van der Waals surface area contributed by atoms with Crippen LogP contribution >= 0.6 is 34.9 Å². The van der Waals surface area contributed by atoms with E-state index in [4.69, 9.17) is 5.73 Å². The molecular formula is C17H16N2S3. The molecule has 0 atom stereocenters. The summed E-state index contributed by atoms with van der Waals surface area (Å²) in [6.07, 6.45) is 4.02. The van der Waals surface area contributed by atoms with Crippen molar-refractivity contribution in [1.82, 2.24) is 4.98 Å². The summed E-state index contributed by atoms with van der Waals surface area (Å²) in [5.41, 5.74) is 8.13. The van der Waals surface area contributed by atoms with Crippen LogP contribution in [0.2, 0.25) is 0 Å². The Kier molecular flexibility index (Phi) is 5.20. The van der Waals surface area contributed by atoms with Crippen molar-refractivity contribution in [2.24, 2.45) is 5.73 Å². The number of rotatable bonds is 5. The average molecular weight is 345 g/mol. The SMILES string of the molecule is CSc1cc(Sc2cnc(CN)s2)cc(-c2ccccc2)c1. The van der Waals surface area contributed by atoms with Crippen LogP contribution in [0.1, 0.15) is 5.01 Å². The van der Waals surface area contributed by atoms with Crippen LogP contribution in [0.25, 0.3) is 11.1 Å². The van der Waals surface area contributed by atoms with Gasteiger partial charge in [-0.15, -0.1) is 23.1 Å². The zero-order valence-corrected chi connectivity index (χ0v) is 14.6. The highest BCUT2D eigenvalue weighted by Crippen LogP contribution is 2.36. The molecule has 1 aromatic heterocycles. The fourth-order valence-corrected chi connectivity index (χ4v) is 4.64. The number of benzene rings is 2. The zero-order valence-electron chi connectivity index (χ0n) is 12.2. The summed E-state index contributed by atoms with van der Waals surface area (Å²) in [4.78, 5) is 6.83. The summed E-state index contributed by atoms with van der Waals surface area (Å²) in [5, 5.41) is 0.979. The molecule has 1 heterocycles. The molecule has 2 nitrogen and oxygen atoms in total. The first-order valence-electron chi connectivity index (χ1n) is 6.85. The van der Waals surface area contributed by atoms with E-state index >= 15 is 0 Å². The highest BCUT2D eigenvalue weighted by Gasteiger charge is 2.07. The molecule has 3 rings (SSSR count). The van der Waals surface area contributed by atoms with Gasteiger partial charge in [-0.25, -0.2) is 4.98 Å². The second-order valence-electron chi connectivity index (χ2n) is 4.64. The maximum Gasteiger partial charge on any atom is 0.107 e. The van der Waals surface area contributed by atoms with E-state index in [0.717, 1.165) is 5.01 Å². The van der Waals surface area contributed by atoms with Crippen molar-refractivity contribution in [3.05, 3.63) is 59.7 Å². The number of thioether (sulfide) groups is 1. The molecule has 22 heavy (non-hydrogen) atoms. The van der Waals surface area contributed by atoms with Gasteiger partial charge in [0.1, 0.15) is 5.01 Å². The van der Waals surface area contributed by atoms with Crippen molar-refractivity contribution in [3.8, 4) is 11.1 Å². The first-order valence-corrected chi connectivity index (χ1v) is 9.71. The Labute approximate surface area is 143 Å². The predicted molar refractivity (Wildman–Crippen MR) is 97.8 cm³/mol. The normalized spacial score (nSPS) is 10.8. The fraction of sp³-hybridized carbons (Fsp3) is 0.118. The maximum absolute atomic E-state index is 5.64. The van der Waals surface area contributed by atoms with Crippen LogP contribution in [0.3, 0.4) is 0 Å². The number of nitrogens with zero attached hydrogens (tertiary/aromatic N) is 1. The van der Waals surface area contributed by atoms with Gasteiger partial charge in [-0.3, -0.25) is 0 Å². The molecular weight excluding hydrogens is 328 g/mol. The molecule has 0 aliphatic heterocycles. The van der Waals surface area contributed by atoms with Crippen LogP contribution in [-0.4, -0.2) is 11.2 Å². The smallest absolute Gasteiger partial charge is 0.107 e. The topological polar surface area (TPSA) is 38.9 Å². The molecule has 0 spiro atoms. The van der Waals surface area contributed by atoms with Gasteiger partial charge in [-0.05, 0) is 35.6 Å². The predicted octanol–water partition coefficient (Wildman–Crippen LogP) is 5.14. The Morgan fingerprint density at radius 3 is 2.50 bits per heavy atom. The van der Waals surface area contributed by atoms with Gasteiger partial charge in [0.15, 0.2) is 0 Å². The largest absolute Gasteiger partial charge is 0.325 e. The molecule has 0 aliphatic rings. The van der Waals surface area contributed by atoms with E-state index in [1.165, 1.54) is 25.1 Å². The Morgan fingerprint density at radius 1 is 1.05 bits per heavy atom. The molecule has 5 heteroatoms. The van der Waals surface area contributed by atoms with Gasteiger partial charge < -0.3 is 5.73 Å². The molecule has 112 valence electrons. The molecule has 0 saturated heterocycles. The molecule has 2 aromatic carbocycles. The number of aromatic nitrogens is 1. The Morgan fingerprint density at radius 2 is 1.82 bits per heavy atom. The van der Waals surface area contributed by atoms with Gasteiger partial charge in [0.25, 0.3) is 0 Å². The molecule has 0 fully saturated rings. The van der Waals surface area contributed by atoms with Crippen molar-refractivity contribution in [2.75, 3.05) is 6.26 Å². The third-order valence-corrected chi connectivity index (χ3v) is 5.95. The maximum atomic E-state index is 5.64. The molecule has 0 radical (unpaired) electrons. The van der Waals surface area contributed by atoms with E-state index in [-0.39, 0.29) is 0 Å². The van der Waals surface area contributed by atoms with E-state index < -0.39 is 0 Å². The summed E-state index contributed by atoms with van der Waals surface area (Å²) in [6, 6.07) is 17.2. The average Bonchev–Trinajstić information content (AvgIpc) is 3.03. The minimum absolute atomic E-state index is 0.505. The number of thiazole rings is 1. The van der Waals surface area contributed by atoms with Crippen molar-refractivity contribution in [3.63, 3.8) is 0 Å². The third kappa shape index (κ3) is 3.73. The quantitative estimate of drug-likeness (QED) is 0.650. The van der Waals surface area contributed by atoms with Crippen LogP contribution in [0.15, 0.2) is 68.7 Å². The first kappa shape index (κ1) is 15.6. The van der Waals surface area contributed by atoms with Crippen molar-refractivity contribution in [1.29, 1.82) is 0 Å². The van der Waals surface area contributed by atoms with Gasteiger partial charge in [0, 0.05) is 16.3 Å². The van der Waals surface area contributed by atoms with E-state index in [9.17, 15) is 0 Å². The molecule has 0 saturated carbocycles. The van der Waals surface area contributed by atoms with Crippen LogP contribution < -0.4 is 5.73 Å². The molecule has 3 aromatic rings. The van der Waals surface area contributed by atoms with Crippen LogP contribution in [0, 0.1) is 0 Å². The highest BCUT2D eigenvalue weighted by atomic mass is 32.2. The number of hydrogen-bond donors (Lipinski definition) is 1. The van der Waals surface area contributed by atoms with Crippen LogP contribution in [0.4, 0.5) is 0 Å². The van der Waals surface area contributed by atoms with Gasteiger partial charge in [-0.1, -0.05) is 42.1 Å². The minimum Gasteiger partial charge on any atom is -0.325 e.